The second-order valence-corrected chi connectivity index (χ2v) is 3.86. The molecule has 0 aliphatic heterocycles. The van der Waals surface area contributed by atoms with Crippen molar-refractivity contribution in [1.82, 2.24) is 5.32 Å². The molecule has 0 unspecified atom stereocenters. The molecule has 1 rings (SSSR count). The molecular weight excluding hydrogens is 188 g/mol. The fraction of sp³-hybridized carbons (Fsp3) is 0.667. The minimum absolute atomic E-state index is 0.146. The first-order valence-corrected chi connectivity index (χ1v) is 5.34. The summed E-state index contributed by atoms with van der Waals surface area (Å²) >= 11 is 0. The lowest BCUT2D eigenvalue weighted by Crippen LogP contribution is -2.41. The van der Waals surface area contributed by atoms with Crippen LogP contribution in [0.2, 0.25) is 0 Å². The predicted octanol–water partition coefficient (Wildman–Crippen LogP) is 1.60. The Morgan fingerprint density at radius 3 is 2.60 bits per heavy atom. The van der Waals surface area contributed by atoms with Crippen LogP contribution in [-0.2, 0) is 4.79 Å². The quantitative estimate of drug-likeness (QED) is 0.694. The van der Waals surface area contributed by atoms with Gasteiger partial charge in [0.2, 0.25) is 5.91 Å². The molecule has 1 amide bonds. The van der Waals surface area contributed by atoms with Gasteiger partial charge in [-0.25, -0.2) is 0 Å². The topological polar surface area (TPSA) is 52.9 Å². The first kappa shape index (κ1) is 11.6. The van der Waals surface area contributed by atoms with Crippen LogP contribution in [-0.4, -0.2) is 12.5 Å². The van der Waals surface area contributed by atoms with Crippen LogP contribution in [0.1, 0.15) is 39.0 Å². The molecular formula is C12H16N2O. The van der Waals surface area contributed by atoms with E-state index in [9.17, 15) is 4.79 Å². The molecule has 1 aliphatic rings. The number of amides is 1. The molecule has 1 N–H and O–H groups in total. The van der Waals surface area contributed by atoms with Crippen LogP contribution < -0.4 is 5.32 Å². The Bertz CT molecular complexity index is 324. The van der Waals surface area contributed by atoms with Crippen molar-refractivity contribution < 1.29 is 4.79 Å². The van der Waals surface area contributed by atoms with E-state index in [-0.39, 0.29) is 5.91 Å². The predicted molar refractivity (Wildman–Crippen MR) is 57.6 cm³/mol. The number of nitriles is 1. The van der Waals surface area contributed by atoms with E-state index in [1.807, 2.05) is 0 Å². The lowest BCUT2D eigenvalue weighted by Gasteiger charge is -2.28. The molecule has 0 aromatic heterocycles. The van der Waals surface area contributed by atoms with E-state index >= 15 is 0 Å². The Hall–Kier alpha value is -1.48. The van der Waals surface area contributed by atoms with Gasteiger partial charge in [0.15, 0.2) is 0 Å². The molecule has 80 valence electrons. The number of hydrogen-bond donors (Lipinski definition) is 1. The number of nitrogens with one attached hydrogen (secondary N) is 1. The van der Waals surface area contributed by atoms with Crippen LogP contribution in [0.4, 0.5) is 0 Å². The Morgan fingerprint density at radius 2 is 2.07 bits per heavy atom. The fourth-order valence-electron chi connectivity index (χ4n) is 1.93. The molecule has 0 aromatic carbocycles. The molecule has 0 spiro atoms. The highest BCUT2D eigenvalue weighted by atomic mass is 16.2. The normalized spacial score (nSPS) is 18.1. The molecule has 0 atom stereocenters. The summed E-state index contributed by atoms with van der Waals surface area (Å²) < 4.78 is 0. The number of carbonyl (C=O) groups is 1. The van der Waals surface area contributed by atoms with Crippen molar-refractivity contribution in [2.24, 2.45) is 5.41 Å². The smallest absolute Gasteiger partial charge is 0.241 e. The van der Waals surface area contributed by atoms with Crippen LogP contribution in [0.15, 0.2) is 0 Å². The summed E-state index contributed by atoms with van der Waals surface area (Å²) in [5.74, 6) is 5.33. The molecule has 0 saturated heterocycles. The summed E-state index contributed by atoms with van der Waals surface area (Å²) in [6.07, 6.45) is 4.45. The first-order valence-electron chi connectivity index (χ1n) is 5.34. The van der Waals surface area contributed by atoms with E-state index in [2.05, 4.69) is 23.2 Å². The van der Waals surface area contributed by atoms with Gasteiger partial charge >= 0.3 is 0 Å². The lowest BCUT2D eigenvalue weighted by atomic mass is 9.74. The number of nitrogens with zero attached hydrogens (tertiary/aromatic N) is 1. The number of carbonyl (C=O) groups excluding carboxylic acids is 1. The summed E-state index contributed by atoms with van der Waals surface area (Å²) in [7, 11) is 0. The molecule has 0 heterocycles. The summed E-state index contributed by atoms with van der Waals surface area (Å²) in [5.41, 5.74) is -0.784. The third-order valence-corrected chi connectivity index (χ3v) is 2.87. The maximum absolute atomic E-state index is 11.8. The highest BCUT2D eigenvalue weighted by Crippen LogP contribution is 2.35. The van der Waals surface area contributed by atoms with Crippen molar-refractivity contribution >= 4 is 5.91 Å². The lowest BCUT2D eigenvalue weighted by molar-refractivity contribution is -0.129. The van der Waals surface area contributed by atoms with Gasteiger partial charge in [-0.1, -0.05) is 25.2 Å². The minimum atomic E-state index is -0.784. The average Bonchev–Trinajstić information content (AvgIpc) is 2.30. The van der Waals surface area contributed by atoms with Crippen molar-refractivity contribution in [1.29, 1.82) is 5.26 Å². The van der Waals surface area contributed by atoms with Gasteiger partial charge in [-0.15, -0.1) is 5.92 Å². The van der Waals surface area contributed by atoms with E-state index in [0.29, 0.717) is 19.4 Å². The zero-order chi connectivity index (χ0) is 11.1. The Balaban J connectivity index is 2.59. The van der Waals surface area contributed by atoms with E-state index < -0.39 is 5.41 Å². The summed E-state index contributed by atoms with van der Waals surface area (Å²) in [6.45, 7) is 2.07. The zero-order valence-electron chi connectivity index (χ0n) is 9.10. The van der Waals surface area contributed by atoms with E-state index in [1.54, 1.807) is 6.92 Å². The van der Waals surface area contributed by atoms with Crippen molar-refractivity contribution in [2.45, 2.75) is 39.0 Å². The molecule has 1 aliphatic carbocycles. The monoisotopic (exact) mass is 204 g/mol. The molecule has 0 bridgehead atoms. The maximum atomic E-state index is 11.8. The summed E-state index contributed by atoms with van der Waals surface area (Å²) in [4.78, 5) is 11.8. The van der Waals surface area contributed by atoms with Gasteiger partial charge in [0.1, 0.15) is 5.41 Å². The number of hydrogen-bond acceptors (Lipinski definition) is 2. The second-order valence-electron chi connectivity index (χ2n) is 3.86. The third kappa shape index (κ3) is 2.73. The molecule has 1 fully saturated rings. The minimum Gasteiger partial charge on any atom is -0.344 e. The Labute approximate surface area is 90.9 Å². The highest BCUT2D eigenvalue weighted by Gasteiger charge is 2.39. The van der Waals surface area contributed by atoms with Crippen molar-refractivity contribution in [2.75, 3.05) is 6.54 Å². The van der Waals surface area contributed by atoms with E-state index in [1.165, 1.54) is 0 Å². The first-order chi connectivity index (χ1) is 7.25. The van der Waals surface area contributed by atoms with Crippen LogP contribution in [0, 0.1) is 28.6 Å². The second kappa shape index (κ2) is 5.41. The molecule has 3 heteroatoms. The van der Waals surface area contributed by atoms with Gasteiger partial charge in [0, 0.05) is 0 Å². The van der Waals surface area contributed by atoms with Crippen LogP contribution >= 0.6 is 0 Å². The molecule has 3 nitrogen and oxygen atoms in total. The molecule has 0 radical (unpaired) electrons. The maximum Gasteiger partial charge on any atom is 0.241 e. The van der Waals surface area contributed by atoms with Crippen molar-refractivity contribution in [3.63, 3.8) is 0 Å². The average molecular weight is 204 g/mol. The summed E-state index contributed by atoms with van der Waals surface area (Å²) in [6, 6.07) is 2.18. The van der Waals surface area contributed by atoms with E-state index in [4.69, 9.17) is 5.26 Å². The van der Waals surface area contributed by atoms with Gasteiger partial charge in [-0.05, 0) is 19.8 Å². The largest absolute Gasteiger partial charge is 0.344 e. The number of rotatable bonds is 2. The van der Waals surface area contributed by atoms with Gasteiger partial charge < -0.3 is 5.32 Å². The SMILES string of the molecule is CC#CCNC(=O)C1(C#N)CCCCC1. The van der Waals surface area contributed by atoms with Crippen LogP contribution in [0.5, 0.6) is 0 Å². The molecule has 15 heavy (non-hydrogen) atoms. The van der Waals surface area contributed by atoms with Gasteiger partial charge in [-0.2, -0.15) is 5.26 Å². The van der Waals surface area contributed by atoms with Crippen LogP contribution in [0.3, 0.4) is 0 Å². The Kier molecular flexibility index (Phi) is 4.18. The third-order valence-electron chi connectivity index (χ3n) is 2.87. The van der Waals surface area contributed by atoms with Gasteiger partial charge in [0.25, 0.3) is 0 Å². The summed E-state index contributed by atoms with van der Waals surface area (Å²) in [5, 5.41) is 11.8. The van der Waals surface area contributed by atoms with Gasteiger partial charge in [-0.3, -0.25) is 4.79 Å². The molecule has 0 aromatic rings. The standard InChI is InChI=1S/C12H16N2O/c1-2-3-9-14-11(15)12(10-13)7-5-4-6-8-12/h4-9H2,1H3,(H,14,15). The van der Waals surface area contributed by atoms with Crippen LogP contribution in [0.25, 0.3) is 0 Å². The van der Waals surface area contributed by atoms with Gasteiger partial charge in [0.05, 0.1) is 12.6 Å². The van der Waals surface area contributed by atoms with Crippen molar-refractivity contribution in [3.8, 4) is 17.9 Å². The van der Waals surface area contributed by atoms with Crippen molar-refractivity contribution in [3.05, 3.63) is 0 Å². The zero-order valence-corrected chi connectivity index (χ0v) is 9.10. The Morgan fingerprint density at radius 1 is 1.40 bits per heavy atom. The molecule has 1 saturated carbocycles. The fourth-order valence-corrected chi connectivity index (χ4v) is 1.93. The highest BCUT2D eigenvalue weighted by molar-refractivity contribution is 5.85. The van der Waals surface area contributed by atoms with E-state index in [0.717, 1.165) is 19.3 Å².